The summed E-state index contributed by atoms with van der Waals surface area (Å²) in [5.41, 5.74) is 3.89. The summed E-state index contributed by atoms with van der Waals surface area (Å²) in [6.07, 6.45) is 12.8. The molecule has 7 heteroatoms. The van der Waals surface area contributed by atoms with Crippen LogP contribution in [0.2, 0.25) is 0 Å². The Balaban J connectivity index is 2.24. The molecule has 0 amide bonds. The molecule has 1 aromatic rings. The standard InChI is InChI=1S/C17H19N3O4/c1-5-12-9-20(16(22)19-14(12)18)17(6-2)8-7-13(24-17)10-23-15(21)11(3)4/h1-2,9,11,13H,7-8,10H2,3-4H3,(H2,18,19,22). The van der Waals surface area contributed by atoms with Crippen molar-refractivity contribution in [3.63, 3.8) is 0 Å². The van der Waals surface area contributed by atoms with Crippen molar-refractivity contribution in [3.8, 4) is 24.7 Å². The van der Waals surface area contributed by atoms with Crippen LogP contribution in [0, 0.1) is 30.6 Å². The second-order valence-electron chi connectivity index (χ2n) is 5.83. The molecule has 126 valence electrons. The van der Waals surface area contributed by atoms with Gasteiger partial charge in [-0.2, -0.15) is 4.98 Å². The molecule has 7 nitrogen and oxygen atoms in total. The summed E-state index contributed by atoms with van der Waals surface area (Å²) in [5, 5.41) is 0. The second-order valence-corrected chi connectivity index (χ2v) is 5.83. The van der Waals surface area contributed by atoms with Gasteiger partial charge in [-0.1, -0.05) is 19.8 Å². The van der Waals surface area contributed by atoms with Gasteiger partial charge in [0.05, 0.1) is 17.6 Å². The first-order chi connectivity index (χ1) is 11.3. The lowest BCUT2D eigenvalue weighted by Crippen LogP contribution is -2.42. The summed E-state index contributed by atoms with van der Waals surface area (Å²) in [5.74, 6) is 4.26. The molecule has 2 atom stereocenters. The molecule has 0 saturated carbocycles. The van der Waals surface area contributed by atoms with Crippen LogP contribution >= 0.6 is 0 Å². The van der Waals surface area contributed by atoms with Crippen molar-refractivity contribution in [2.75, 3.05) is 12.3 Å². The van der Waals surface area contributed by atoms with Gasteiger partial charge in [0.15, 0.2) is 0 Å². The normalized spacial score (nSPS) is 22.8. The Hall–Kier alpha value is -2.77. The van der Waals surface area contributed by atoms with Crippen LogP contribution in [0.25, 0.3) is 0 Å². The van der Waals surface area contributed by atoms with Crippen molar-refractivity contribution in [2.24, 2.45) is 5.92 Å². The van der Waals surface area contributed by atoms with Crippen LogP contribution in [0.1, 0.15) is 32.3 Å². The maximum Gasteiger partial charge on any atom is 0.352 e. The highest BCUT2D eigenvalue weighted by molar-refractivity contribution is 5.71. The lowest BCUT2D eigenvalue weighted by atomic mass is 10.1. The van der Waals surface area contributed by atoms with Crippen molar-refractivity contribution < 1.29 is 14.3 Å². The smallest absolute Gasteiger partial charge is 0.352 e. The average Bonchev–Trinajstić information content (AvgIpc) is 2.97. The van der Waals surface area contributed by atoms with E-state index < -0.39 is 17.5 Å². The van der Waals surface area contributed by atoms with Gasteiger partial charge >= 0.3 is 11.7 Å². The molecule has 1 fully saturated rings. The molecule has 0 aromatic carbocycles. The topological polar surface area (TPSA) is 96.4 Å². The Kier molecular flexibility index (Phi) is 4.96. The number of carbonyl (C=O) groups excluding carboxylic acids is 1. The van der Waals surface area contributed by atoms with E-state index in [9.17, 15) is 9.59 Å². The number of hydrogen-bond donors (Lipinski definition) is 1. The van der Waals surface area contributed by atoms with Gasteiger partial charge in [0, 0.05) is 12.6 Å². The largest absolute Gasteiger partial charge is 0.463 e. The van der Waals surface area contributed by atoms with Crippen molar-refractivity contribution in [1.29, 1.82) is 0 Å². The van der Waals surface area contributed by atoms with Gasteiger partial charge in [-0.05, 0) is 12.3 Å². The molecular weight excluding hydrogens is 310 g/mol. The molecular formula is C17H19N3O4. The molecule has 2 heterocycles. The molecule has 1 aliphatic rings. The Labute approximate surface area is 140 Å². The van der Waals surface area contributed by atoms with E-state index in [1.165, 1.54) is 10.8 Å². The van der Waals surface area contributed by atoms with E-state index >= 15 is 0 Å². The highest BCUT2D eigenvalue weighted by Crippen LogP contribution is 2.34. The van der Waals surface area contributed by atoms with E-state index in [1.807, 2.05) is 0 Å². The molecule has 0 bridgehead atoms. The number of nitrogen functional groups attached to an aromatic ring is 1. The zero-order valence-corrected chi connectivity index (χ0v) is 13.6. The minimum atomic E-state index is -1.32. The van der Waals surface area contributed by atoms with E-state index in [4.69, 9.17) is 28.1 Å². The summed E-state index contributed by atoms with van der Waals surface area (Å²) in [7, 11) is 0. The van der Waals surface area contributed by atoms with Crippen LogP contribution in [-0.4, -0.2) is 28.2 Å². The zero-order valence-electron chi connectivity index (χ0n) is 13.6. The van der Waals surface area contributed by atoms with Crippen LogP contribution in [0.15, 0.2) is 11.0 Å². The Morgan fingerprint density at radius 1 is 1.62 bits per heavy atom. The van der Waals surface area contributed by atoms with Crippen LogP contribution in [0.3, 0.4) is 0 Å². The number of aromatic nitrogens is 2. The van der Waals surface area contributed by atoms with Gasteiger partial charge in [0.25, 0.3) is 0 Å². The number of terminal acetylenes is 2. The third-order valence-corrected chi connectivity index (χ3v) is 3.78. The molecule has 24 heavy (non-hydrogen) atoms. The number of carbonyl (C=O) groups is 1. The maximum atomic E-state index is 12.2. The summed E-state index contributed by atoms with van der Waals surface area (Å²) < 4.78 is 12.2. The van der Waals surface area contributed by atoms with Crippen LogP contribution < -0.4 is 11.4 Å². The molecule has 0 aliphatic carbocycles. The average molecular weight is 329 g/mol. The molecule has 1 saturated heterocycles. The first-order valence-corrected chi connectivity index (χ1v) is 7.51. The predicted octanol–water partition coefficient (Wildman–Crippen LogP) is 0.471. The number of esters is 1. The summed E-state index contributed by atoms with van der Waals surface area (Å²) in [6, 6.07) is 0. The van der Waals surface area contributed by atoms with Crippen LogP contribution in [-0.2, 0) is 20.0 Å². The van der Waals surface area contributed by atoms with Gasteiger partial charge < -0.3 is 15.2 Å². The Morgan fingerprint density at radius 3 is 2.92 bits per heavy atom. The van der Waals surface area contributed by atoms with E-state index in [-0.39, 0.29) is 29.9 Å². The third-order valence-electron chi connectivity index (χ3n) is 3.78. The van der Waals surface area contributed by atoms with Gasteiger partial charge in [0.2, 0.25) is 5.72 Å². The Morgan fingerprint density at radius 2 is 2.33 bits per heavy atom. The molecule has 1 aromatic heterocycles. The fraction of sp³-hybridized carbons (Fsp3) is 0.471. The number of rotatable bonds is 4. The molecule has 0 radical (unpaired) electrons. The van der Waals surface area contributed by atoms with Crippen molar-refractivity contribution in [1.82, 2.24) is 9.55 Å². The number of ether oxygens (including phenoxy) is 2. The second kappa shape index (κ2) is 6.77. The minimum absolute atomic E-state index is 0.0358. The quantitative estimate of drug-likeness (QED) is 0.637. The minimum Gasteiger partial charge on any atom is -0.463 e. The summed E-state index contributed by atoms with van der Waals surface area (Å²) >= 11 is 0. The van der Waals surface area contributed by atoms with E-state index in [0.717, 1.165) is 0 Å². The molecule has 2 unspecified atom stereocenters. The van der Waals surface area contributed by atoms with Crippen molar-refractivity contribution >= 4 is 11.8 Å². The van der Waals surface area contributed by atoms with Crippen LogP contribution in [0.5, 0.6) is 0 Å². The first kappa shape index (κ1) is 17.6. The third kappa shape index (κ3) is 3.27. The van der Waals surface area contributed by atoms with Gasteiger partial charge in [0.1, 0.15) is 12.4 Å². The first-order valence-electron chi connectivity index (χ1n) is 7.51. The van der Waals surface area contributed by atoms with Gasteiger partial charge in [-0.25, -0.2) is 4.79 Å². The molecule has 0 spiro atoms. The number of hydrogen-bond acceptors (Lipinski definition) is 6. The number of nitrogens with two attached hydrogens (primary N) is 1. The highest BCUT2D eigenvalue weighted by Gasteiger charge is 2.42. The SMILES string of the molecule is C#Cc1cn(C2(C#C)CCC(COC(=O)C(C)C)O2)c(=O)nc1N. The maximum absolute atomic E-state index is 12.2. The van der Waals surface area contributed by atoms with Crippen molar-refractivity contribution in [2.45, 2.75) is 38.5 Å². The predicted molar refractivity (Wildman–Crippen MR) is 87.6 cm³/mol. The Bertz CT molecular complexity index is 784. The van der Waals surface area contributed by atoms with E-state index in [2.05, 4.69) is 16.8 Å². The van der Waals surface area contributed by atoms with E-state index in [1.54, 1.807) is 13.8 Å². The fourth-order valence-electron chi connectivity index (χ4n) is 2.40. The lowest BCUT2D eigenvalue weighted by Gasteiger charge is -2.26. The summed E-state index contributed by atoms with van der Waals surface area (Å²) in [4.78, 5) is 27.4. The molecule has 2 N–H and O–H groups in total. The van der Waals surface area contributed by atoms with E-state index in [0.29, 0.717) is 12.8 Å². The highest BCUT2D eigenvalue weighted by atomic mass is 16.6. The monoisotopic (exact) mass is 329 g/mol. The van der Waals surface area contributed by atoms with Crippen molar-refractivity contribution in [3.05, 3.63) is 22.2 Å². The lowest BCUT2D eigenvalue weighted by molar-refractivity contribution is -0.154. The van der Waals surface area contributed by atoms with Crippen LogP contribution in [0.4, 0.5) is 5.82 Å². The summed E-state index contributed by atoms with van der Waals surface area (Å²) in [6.45, 7) is 3.55. The fourth-order valence-corrected chi connectivity index (χ4v) is 2.40. The number of anilines is 1. The number of nitrogens with zero attached hydrogens (tertiary/aromatic N) is 2. The zero-order chi connectivity index (χ0) is 17.9. The van der Waals surface area contributed by atoms with Gasteiger partial charge in [-0.15, -0.1) is 12.8 Å². The molecule has 1 aliphatic heterocycles. The van der Waals surface area contributed by atoms with Gasteiger partial charge in [-0.3, -0.25) is 9.36 Å². The molecule has 2 rings (SSSR count).